The van der Waals surface area contributed by atoms with Crippen molar-refractivity contribution >= 4 is 22.6 Å². The summed E-state index contributed by atoms with van der Waals surface area (Å²) in [6.45, 7) is 7.92. The Morgan fingerprint density at radius 3 is 2.30 bits per heavy atom. The maximum Gasteiger partial charge on any atom is 0.243 e. The number of carbonyl (C=O) groups is 2. The number of nitrogens with zero attached hydrogens (tertiary/aromatic N) is 1. The lowest BCUT2D eigenvalue weighted by Crippen LogP contribution is -2.53. The van der Waals surface area contributed by atoms with E-state index in [2.05, 4.69) is 23.5 Å². The summed E-state index contributed by atoms with van der Waals surface area (Å²) < 4.78 is 13.4. The first-order valence-corrected chi connectivity index (χ1v) is 11.5. The third-order valence-electron chi connectivity index (χ3n) is 5.64. The van der Waals surface area contributed by atoms with E-state index in [9.17, 15) is 14.0 Å². The Morgan fingerprint density at radius 2 is 1.64 bits per heavy atom. The van der Waals surface area contributed by atoms with Crippen LogP contribution in [0.2, 0.25) is 0 Å². The van der Waals surface area contributed by atoms with Crippen LogP contribution < -0.4 is 5.32 Å². The first-order chi connectivity index (χ1) is 15.7. The molecule has 0 bridgehead atoms. The molecule has 1 atom stereocenters. The number of amides is 2. The Bertz CT molecular complexity index is 1100. The Balaban J connectivity index is 1.84. The van der Waals surface area contributed by atoms with Crippen LogP contribution in [0.15, 0.2) is 66.7 Å². The zero-order chi connectivity index (χ0) is 24.0. The van der Waals surface area contributed by atoms with Gasteiger partial charge in [-0.1, -0.05) is 61.5 Å². The van der Waals surface area contributed by atoms with E-state index in [1.54, 1.807) is 17.0 Å². The molecule has 0 saturated carbocycles. The summed E-state index contributed by atoms with van der Waals surface area (Å²) in [5.41, 5.74) is 1.49. The predicted octanol–water partition coefficient (Wildman–Crippen LogP) is 5.63. The van der Waals surface area contributed by atoms with E-state index in [0.29, 0.717) is 12.8 Å². The SMILES string of the molecule is CC[C@H](C(=O)NC(C)(C)C)N(Cc1ccc(F)cc1)C(=O)CCc1cccc2ccccc12. The lowest BCUT2D eigenvalue weighted by molar-refractivity contribution is -0.142. The number of fused-ring (bicyclic) bond motifs is 1. The van der Waals surface area contributed by atoms with Gasteiger partial charge in [-0.15, -0.1) is 0 Å². The maximum atomic E-state index is 13.5. The molecule has 0 radical (unpaired) electrons. The second-order valence-corrected chi connectivity index (χ2v) is 9.45. The van der Waals surface area contributed by atoms with E-state index < -0.39 is 11.6 Å². The largest absolute Gasteiger partial charge is 0.350 e. The molecular formula is C28H33FN2O2. The summed E-state index contributed by atoms with van der Waals surface area (Å²) in [6, 6.07) is 19.7. The zero-order valence-corrected chi connectivity index (χ0v) is 19.9. The molecule has 33 heavy (non-hydrogen) atoms. The van der Waals surface area contributed by atoms with Gasteiger partial charge < -0.3 is 10.2 Å². The molecule has 3 aromatic carbocycles. The molecule has 0 aliphatic heterocycles. The van der Waals surface area contributed by atoms with Gasteiger partial charge in [0.2, 0.25) is 11.8 Å². The molecule has 0 heterocycles. The van der Waals surface area contributed by atoms with Crippen LogP contribution in [0.25, 0.3) is 10.8 Å². The number of aryl methyl sites for hydroxylation is 1. The molecular weight excluding hydrogens is 415 g/mol. The van der Waals surface area contributed by atoms with E-state index in [-0.39, 0.29) is 30.6 Å². The smallest absolute Gasteiger partial charge is 0.243 e. The Hall–Kier alpha value is -3.21. The molecule has 0 aliphatic rings. The standard InChI is InChI=1S/C28H33FN2O2/c1-5-25(27(33)30-28(2,3)4)31(19-20-13-16-23(29)17-14-20)26(32)18-15-22-11-8-10-21-9-6-7-12-24(21)22/h6-14,16-17,25H,5,15,18-19H2,1-4H3,(H,30,33)/t25-/m1/s1. The monoisotopic (exact) mass is 448 g/mol. The fraction of sp³-hybridized carbons (Fsp3) is 0.357. The summed E-state index contributed by atoms with van der Waals surface area (Å²) in [7, 11) is 0. The van der Waals surface area contributed by atoms with Crippen molar-refractivity contribution in [2.75, 3.05) is 0 Å². The van der Waals surface area contributed by atoms with E-state index in [1.165, 1.54) is 12.1 Å². The number of nitrogens with one attached hydrogen (secondary N) is 1. The van der Waals surface area contributed by atoms with Crippen LogP contribution >= 0.6 is 0 Å². The summed E-state index contributed by atoms with van der Waals surface area (Å²) in [5.74, 6) is -0.598. The highest BCUT2D eigenvalue weighted by Crippen LogP contribution is 2.21. The van der Waals surface area contributed by atoms with Gasteiger partial charge in [-0.05, 0) is 67.6 Å². The van der Waals surface area contributed by atoms with Crippen LogP contribution in [0.5, 0.6) is 0 Å². The minimum Gasteiger partial charge on any atom is -0.350 e. The molecule has 0 fully saturated rings. The average Bonchev–Trinajstić information content (AvgIpc) is 2.77. The van der Waals surface area contributed by atoms with E-state index in [0.717, 1.165) is 21.9 Å². The Morgan fingerprint density at radius 1 is 0.970 bits per heavy atom. The molecule has 0 aliphatic carbocycles. The molecule has 1 N–H and O–H groups in total. The van der Waals surface area contributed by atoms with Crippen molar-refractivity contribution in [2.24, 2.45) is 0 Å². The van der Waals surface area contributed by atoms with Crippen LogP contribution in [0, 0.1) is 5.82 Å². The fourth-order valence-corrected chi connectivity index (χ4v) is 4.05. The number of hydrogen-bond acceptors (Lipinski definition) is 2. The van der Waals surface area contributed by atoms with Gasteiger partial charge in [0.15, 0.2) is 0 Å². The molecule has 0 aromatic heterocycles. The molecule has 174 valence electrons. The second-order valence-electron chi connectivity index (χ2n) is 9.45. The van der Waals surface area contributed by atoms with Gasteiger partial charge in [-0.3, -0.25) is 9.59 Å². The first kappa shape index (κ1) is 24.4. The Kier molecular flexibility index (Phi) is 7.85. The summed E-state index contributed by atoms with van der Waals surface area (Å²) >= 11 is 0. The molecule has 5 heteroatoms. The van der Waals surface area contributed by atoms with Crippen molar-refractivity contribution < 1.29 is 14.0 Å². The first-order valence-electron chi connectivity index (χ1n) is 11.5. The van der Waals surface area contributed by atoms with Crippen molar-refractivity contribution in [2.45, 2.75) is 65.1 Å². The summed E-state index contributed by atoms with van der Waals surface area (Å²) in [5, 5.41) is 5.28. The normalized spacial score (nSPS) is 12.4. The van der Waals surface area contributed by atoms with Crippen LogP contribution in [0.3, 0.4) is 0 Å². The van der Waals surface area contributed by atoms with Crippen molar-refractivity contribution in [3.8, 4) is 0 Å². The fourth-order valence-electron chi connectivity index (χ4n) is 4.05. The minimum atomic E-state index is -0.603. The maximum absolute atomic E-state index is 13.5. The summed E-state index contributed by atoms with van der Waals surface area (Å²) in [4.78, 5) is 28.2. The number of hydrogen-bond donors (Lipinski definition) is 1. The third-order valence-corrected chi connectivity index (χ3v) is 5.64. The van der Waals surface area contributed by atoms with Gasteiger partial charge in [-0.25, -0.2) is 4.39 Å². The van der Waals surface area contributed by atoms with Gasteiger partial charge in [-0.2, -0.15) is 0 Å². The number of benzene rings is 3. The lowest BCUT2D eigenvalue weighted by Gasteiger charge is -2.33. The minimum absolute atomic E-state index is 0.0943. The van der Waals surface area contributed by atoms with Crippen LogP contribution in [-0.4, -0.2) is 28.3 Å². The van der Waals surface area contributed by atoms with Crippen molar-refractivity contribution in [1.29, 1.82) is 0 Å². The third kappa shape index (κ3) is 6.64. The van der Waals surface area contributed by atoms with Crippen molar-refractivity contribution in [3.05, 3.63) is 83.7 Å². The number of carbonyl (C=O) groups excluding carboxylic acids is 2. The highest BCUT2D eigenvalue weighted by molar-refractivity contribution is 5.89. The zero-order valence-electron chi connectivity index (χ0n) is 19.9. The molecule has 4 nitrogen and oxygen atoms in total. The van der Waals surface area contributed by atoms with Gasteiger partial charge in [0.05, 0.1) is 0 Å². The second kappa shape index (κ2) is 10.6. The summed E-state index contributed by atoms with van der Waals surface area (Å²) in [6.07, 6.45) is 1.36. The van der Waals surface area contributed by atoms with Gasteiger partial charge in [0.25, 0.3) is 0 Å². The van der Waals surface area contributed by atoms with E-state index >= 15 is 0 Å². The molecule has 3 aromatic rings. The number of rotatable bonds is 8. The number of halogens is 1. The van der Waals surface area contributed by atoms with E-state index in [1.807, 2.05) is 52.0 Å². The average molecular weight is 449 g/mol. The lowest BCUT2D eigenvalue weighted by atomic mass is 10.00. The predicted molar refractivity (Wildman–Crippen MR) is 131 cm³/mol. The van der Waals surface area contributed by atoms with Crippen molar-refractivity contribution in [1.82, 2.24) is 10.2 Å². The van der Waals surface area contributed by atoms with Crippen molar-refractivity contribution in [3.63, 3.8) is 0 Å². The molecule has 0 saturated heterocycles. The van der Waals surface area contributed by atoms with Crippen LogP contribution in [0.4, 0.5) is 4.39 Å². The topological polar surface area (TPSA) is 49.4 Å². The van der Waals surface area contributed by atoms with Gasteiger partial charge in [0, 0.05) is 18.5 Å². The van der Waals surface area contributed by atoms with Gasteiger partial charge >= 0.3 is 0 Å². The quantitative estimate of drug-likeness (QED) is 0.485. The molecule has 0 spiro atoms. The highest BCUT2D eigenvalue weighted by atomic mass is 19.1. The molecule has 0 unspecified atom stereocenters. The molecule has 3 rings (SSSR count). The van der Waals surface area contributed by atoms with Gasteiger partial charge in [0.1, 0.15) is 11.9 Å². The highest BCUT2D eigenvalue weighted by Gasteiger charge is 2.30. The van der Waals surface area contributed by atoms with Crippen LogP contribution in [0.1, 0.15) is 51.7 Å². The Labute approximate surface area is 195 Å². The van der Waals surface area contributed by atoms with E-state index in [4.69, 9.17) is 0 Å². The van der Waals surface area contributed by atoms with Crippen LogP contribution in [-0.2, 0) is 22.6 Å². The molecule has 2 amide bonds.